The highest BCUT2D eigenvalue weighted by molar-refractivity contribution is 9.10. The van der Waals surface area contributed by atoms with Crippen LogP contribution in [0.25, 0.3) is 0 Å². The summed E-state index contributed by atoms with van der Waals surface area (Å²) < 4.78 is 6.18. The summed E-state index contributed by atoms with van der Waals surface area (Å²) in [6.07, 6.45) is -0.539. The van der Waals surface area contributed by atoms with Gasteiger partial charge in [0.1, 0.15) is 6.07 Å². The fourth-order valence-electron chi connectivity index (χ4n) is 2.14. The van der Waals surface area contributed by atoms with Gasteiger partial charge in [0.05, 0.1) is 24.4 Å². The van der Waals surface area contributed by atoms with E-state index in [2.05, 4.69) is 27.3 Å². The molecule has 1 aromatic carbocycles. The highest BCUT2D eigenvalue weighted by atomic mass is 79.9. The van der Waals surface area contributed by atoms with E-state index >= 15 is 0 Å². The Balaban J connectivity index is 2.32. The van der Waals surface area contributed by atoms with Gasteiger partial charge in [-0.2, -0.15) is 5.26 Å². The lowest BCUT2D eigenvalue weighted by atomic mass is 10.1. The molecule has 5 nitrogen and oxygen atoms in total. The standard InChI is InChI=1S/C13H13BrClN3O2/c1-17-13(19)11-7-18(2-3-20-11)12-8(6-16)4-9(15)5-10(12)14/h4-5,11H,2-3,7H2,1H3,(H,17,19). The van der Waals surface area contributed by atoms with Crippen molar-refractivity contribution < 1.29 is 9.53 Å². The van der Waals surface area contributed by atoms with Crippen molar-refractivity contribution in [3.63, 3.8) is 0 Å². The molecule has 1 aliphatic rings. The number of hydrogen-bond donors (Lipinski definition) is 1. The highest BCUT2D eigenvalue weighted by Gasteiger charge is 2.28. The van der Waals surface area contributed by atoms with Crippen molar-refractivity contribution in [2.45, 2.75) is 6.10 Å². The molecule has 1 unspecified atom stereocenters. The number of nitriles is 1. The van der Waals surface area contributed by atoms with Crippen LogP contribution in [0, 0.1) is 11.3 Å². The number of nitrogens with one attached hydrogen (secondary N) is 1. The third-order valence-corrected chi connectivity index (χ3v) is 3.89. The van der Waals surface area contributed by atoms with E-state index in [1.54, 1.807) is 19.2 Å². The molecule has 0 spiro atoms. The molecule has 1 aromatic rings. The topological polar surface area (TPSA) is 65.4 Å². The number of ether oxygens (including phenoxy) is 1. The van der Waals surface area contributed by atoms with Crippen molar-refractivity contribution in [1.29, 1.82) is 5.26 Å². The van der Waals surface area contributed by atoms with Crippen molar-refractivity contribution in [3.8, 4) is 6.07 Å². The van der Waals surface area contributed by atoms with E-state index < -0.39 is 6.10 Å². The molecule has 0 aliphatic carbocycles. The summed E-state index contributed by atoms with van der Waals surface area (Å²) >= 11 is 9.38. The molecular formula is C13H13BrClN3O2. The van der Waals surface area contributed by atoms with Gasteiger partial charge in [0.25, 0.3) is 5.91 Å². The number of carbonyl (C=O) groups excluding carboxylic acids is 1. The third-order valence-electron chi connectivity index (χ3n) is 3.07. The molecule has 7 heteroatoms. The lowest BCUT2D eigenvalue weighted by molar-refractivity contribution is -0.132. The number of anilines is 1. The Morgan fingerprint density at radius 3 is 3.05 bits per heavy atom. The number of likely N-dealkylation sites (N-methyl/N-ethyl adjacent to an activating group) is 1. The van der Waals surface area contributed by atoms with Crippen LogP contribution in [0.5, 0.6) is 0 Å². The van der Waals surface area contributed by atoms with Crippen LogP contribution >= 0.6 is 27.5 Å². The van der Waals surface area contributed by atoms with Crippen LogP contribution in [-0.2, 0) is 9.53 Å². The average Bonchev–Trinajstić information content (AvgIpc) is 2.45. The van der Waals surface area contributed by atoms with Crippen LogP contribution in [0.2, 0.25) is 5.02 Å². The normalized spacial score (nSPS) is 18.5. The fourth-order valence-corrected chi connectivity index (χ4v) is 3.21. The first-order chi connectivity index (χ1) is 9.56. The summed E-state index contributed by atoms with van der Waals surface area (Å²) in [6, 6.07) is 5.49. The van der Waals surface area contributed by atoms with E-state index in [1.807, 2.05) is 4.90 Å². The lowest BCUT2D eigenvalue weighted by Crippen LogP contribution is -2.49. The first-order valence-electron chi connectivity index (χ1n) is 6.04. The summed E-state index contributed by atoms with van der Waals surface area (Å²) in [7, 11) is 1.57. The van der Waals surface area contributed by atoms with Crippen LogP contribution in [-0.4, -0.2) is 38.8 Å². The van der Waals surface area contributed by atoms with Crippen molar-refractivity contribution in [2.75, 3.05) is 31.6 Å². The van der Waals surface area contributed by atoms with Crippen LogP contribution < -0.4 is 10.2 Å². The third kappa shape index (κ3) is 3.06. The van der Waals surface area contributed by atoms with Gasteiger partial charge in [-0.3, -0.25) is 4.79 Å². The minimum absolute atomic E-state index is 0.168. The Hall–Kier alpha value is -1.29. The number of nitrogens with zero attached hydrogens (tertiary/aromatic N) is 2. The number of benzene rings is 1. The van der Waals surface area contributed by atoms with Crippen LogP contribution in [0.3, 0.4) is 0 Å². The van der Waals surface area contributed by atoms with Crippen molar-refractivity contribution >= 4 is 39.1 Å². The maximum Gasteiger partial charge on any atom is 0.250 e. The van der Waals surface area contributed by atoms with E-state index in [1.165, 1.54) is 0 Å². The quantitative estimate of drug-likeness (QED) is 0.877. The predicted molar refractivity (Wildman–Crippen MR) is 79.9 cm³/mol. The van der Waals surface area contributed by atoms with Crippen molar-refractivity contribution in [2.24, 2.45) is 0 Å². The Morgan fingerprint density at radius 1 is 1.65 bits per heavy atom. The number of morpholine rings is 1. The number of hydrogen-bond acceptors (Lipinski definition) is 4. The summed E-state index contributed by atoms with van der Waals surface area (Å²) in [4.78, 5) is 13.6. The zero-order valence-electron chi connectivity index (χ0n) is 10.8. The second-order valence-electron chi connectivity index (χ2n) is 4.32. The molecule has 1 saturated heterocycles. The van der Waals surface area contributed by atoms with Crippen molar-refractivity contribution in [3.05, 3.63) is 27.2 Å². The first-order valence-corrected chi connectivity index (χ1v) is 7.21. The largest absolute Gasteiger partial charge is 0.365 e. The summed E-state index contributed by atoms with van der Waals surface area (Å²) in [5.74, 6) is -0.168. The van der Waals surface area contributed by atoms with Crippen molar-refractivity contribution in [1.82, 2.24) is 5.32 Å². The molecule has 0 radical (unpaired) electrons. The van der Waals surface area contributed by atoms with Gasteiger partial charge in [0, 0.05) is 23.1 Å². The van der Waals surface area contributed by atoms with Gasteiger partial charge in [0.2, 0.25) is 0 Å². The number of halogens is 2. The SMILES string of the molecule is CNC(=O)C1CN(c2c(Br)cc(Cl)cc2C#N)CCO1. The fraction of sp³-hybridized carbons (Fsp3) is 0.385. The maximum atomic E-state index is 11.7. The monoisotopic (exact) mass is 357 g/mol. The Bertz CT molecular complexity index is 573. The van der Waals surface area contributed by atoms with Crippen LogP contribution in [0.1, 0.15) is 5.56 Å². The molecule has 1 heterocycles. The van der Waals surface area contributed by atoms with Crippen LogP contribution in [0.15, 0.2) is 16.6 Å². The zero-order chi connectivity index (χ0) is 14.7. The minimum Gasteiger partial charge on any atom is -0.365 e. The predicted octanol–water partition coefficient (Wildman–Crippen LogP) is 1.93. The highest BCUT2D eigenvalue weighted by Crippen LogP contribution is 2.34. The van der Waals surface area contributed by atoms with Gasteiger partial charge in [0.15, 0.2) is 6.10 Å². The van der Waals surface area contributed by atoms with E-state index in [0.717, 1.165) is 10.2 Å². The molecule has 1 atom stereocenters. The molecule has 1 amide bonds. The summed E-state index contributed by atoms with van der Waals surface area (Å²) in [5, 5.41) is 12.3. The zero-order valence-corrected chi connectivity index (χ0v) is 13.2. The number of carbonyl (C=O) groups is 1. The molecule has 2 rings (SSSR count). The molecule has 0 saturated carbocycles. The van der Waals surface area contributed by atoms with Gasteiger partial charge in [-0.1, -0.05) is 11.6 Å². The van der Waals surface area contributed by atoms with E-state index in [9.17, 15) is 10.1 Å². The average molecular weight is 359 g/mol. The molecule has 0 aromatic heterocycles. The molecular weight excluding hydrogens is 346 g/mol. The maximum absolute atomic E-state index is 11.7. The van der Waals surface area contributed by atoms with Gasteiger partial charge < -0.3 is 15.0 Å². The number of amides is 1. The molecule has 20 heavy (non-hydrogen) atoms. The second-order valence-corrected chi connectivity index (χ2v) is 5.61. The van der Waals surface area contributed by atoms with Gasteiger partial charge in [-0.05, 0) is 28.1 Å². The van der Waals surface area contributed by atoms with Crippen LogP contribution in [0.4, 0.5) is 5.69 Å². The number of rotatable bonds is 2. The Kier molecular flexibility index (Phi) is 4.86. The lowest BCUT2D eigenvalue weighted by Gasteiger charge is -2.34. The van der Waals surface area contributed by atoms with E-state index in [-0.39, 0.29) is 5.91 Å². The Morgan fingerprint density at radius 2 is 2.40 bits per heavy atom. The van der Waals surface area contributed by atoms with Gasteiger partial charge >= 0.3 is 0 Å². The molecule has 1 aliphatic heterocycles. The smallest absolute Gasteiger partial charge is 0.250 e. The summed E-state index contributed by atoms with van der Waals surface area (Å²) in [5.41, 5.74) is 1.22. The van der Waals surface area contributed by atoms with E-state index in [0.29, 0.717) is 30.3 Å². The molecule has 1 N–H and O–H groups in total. The van der Waals surface area contributed by atoms with Gasteiger partial charge in [-0.25, -0.2) is 0 Å². The molecule has 106 valence electrons. The Labute approximate surface area is 130 Å². The molecule has 1 fully saturated rings. The minimum atomic E-state index is -0.539. The second kappa shape index (κ2) is 6.44. The summed E-state index contributed by atoms with van der Waals surface area (Å²) in [6.45, 7) is 1.44. The molecule has 0 bridgehead atoms. The van der Waals surface area contributed by atoms with E-state index in [4.69, 9.17) is 16.3 Å². The first kappa shape index (κ1) is 15.1. The van der Waals surface area contributed by atoms with Gasteiger partial charge in [-0.15, -0.1) is 0 Å².